The molecule has 0 aromatic heterocycles. The first kappa shape index (κ1) is 6.16. The van der Waals surface area contributed by atoms with Crippen molar-refractivity contribution in [3.8, 4) is 0 Å². The molecule has 0 unspecified atom stereocenters. The van der Waals surface area contributed by atoms with Gasteiger partial charge in [-0.1, -0.05) is 35.5 Å². The molecule has 2 nitrogen and oxygen atoms in total. The minimum absolute atomic E-state index is 0.639. The van der Waals surface area contributed by atoms with Crippen molar-refractivity contribution in [1.82, 2.24) is 0 Å². The van der Waals surface area contributed by atoms with Crippen molar-refractivity contribution in [3.63, 3.8) is 0 Å². The minimum atomic E-state index is 0.639. The lowest BCUT2D eigenvalue weighted by Gasteiger charge is -1.95. The Kier molecular flexibility index (Phi) is 1.25. The Bertz CT molecular complexity index is 339. The monoisotopic (exact) mass is 145 g/mol. The van der Waals surface area contributed by atoms with Crippen molar-refractivity contribution in [2.45, 2.75) is 0 Å². The van der Waals surface area contributed by atoms with Gasteiger partial charge in [0.1, 0.15) is 5.71 Å². The molecule has 11 heavy (non-hydrogen) atoms. The predicted octanol–water partition coefficient (Wildman–Crippen LogP) is 1.89. The molecule has 1 aromatic rings. The standard InChI is InChI=1S/C9H7NO/c11-10-9-6-5-7-3-1-2-4-8(7)9/h1-6,11H/b10-9+. The number of hydrogen-bond acceptors (Lipinski definition) is 2. The third-order valence-electron chi connectivity index (χ3n) is 1.77. The summed E-state index contributed by atoms with van der Waals surface area (Å²) in [6.07, 6.45) is 3.73. The molecule has 0 radical (unpaired) electrons. The van der Waals surface area contributed by atoms with Gasteiger partial charge in [0, 0.05) is 5.56 Å². The lowest BCUT2D eigenvalue weighted by atomic mass is 10.1. The number of hydrogen-bond donors (Lipinski definition) is 1. The van der Waals surface area contributed by atoms with E-state index in [1.165, 1.54) is 0 Å². The average Bonchev–Trinajstić information content (AvgIpc) is 2.47. The van der Waals surface area contributed by atoms with Crippen molar-refractivity contribution >= 4 is 11.8 Å². The smallest absolute Gasteiger partial charge is 0.110 e. The molecule has 0 spiro atoms. The van der Waals surface area contributed by atoms with Gasteiger partial charge in [-0.2, -0.15) is 0 Å². The first-order valence-corrected chi connectivity index (χ1v) is 3.41. The summed E-state index contributed by atoms with van der Waals surface area (Å²) < 4.78 is 0. The van der Waals surface area contributed by atoms with Gasteiger partial charge < -0.3 is 5.21 Å². The molecule has 2 heteroatoms. The molecular weight excluding hydrogens is 138 g/mol. The molecule has 0 saturated carbocycles. The van der Waals surface area contributed by atoms with E-state index in [-0.39, 0.29) is 0 Å². The van der Waals surface area contributed by atoms with Crippen LogP contribution in [0.25, 0.3) is 6.08 Å². The molecule has 0 bridgehead atoms. The van der Waals surface area contributed by atoms with E-state index in [2.05, 4.69) is 5.16 Å². The summed E-state index contributed by atoms with van der Waals surface area (Å²) in [7, 11) is 0. The fraction of sp³-hybridized carbons (Fsp3) is 0. The Morgan fingerprint density at radius 3 is 2.73 bits per heavy atom. The highest BCUT2D eigenvalue weighted by Gasteiger charge is 2.09. The summed E-state index contributed by atoms with van der Waals surface area (Å²) in [5, 5.41) is 11.7. The number of rotatable bonds is 0. The quantitative estimate of drug-likeness (QED) is 0.439. The lowest BCUT2D eigenvalue weighted by molar-refractivity contribution is 0.320. The van der Waals surface area contributed by atoms with Crippen LogP contribution in [-0.2, 0) is 0 Å². The van der Waals surface area contributed by atoms with Gasteiger partial charge in [0.2, 0.25) is 0 Å². The fourth-order valence-electron chi connectivity index (χ4n) is 1.22. The predicted molar refractivity (Wildman–Crippen MR) is 43.8 cm³/mol. The van der Waals surface area contributed by atoms with Crippen LogP contribution in [0.5, 0.6) is 0 Å². The third-order valence-corrected chi connectivity index (χ3v) is 1.77. The Morgan fingerprint density at radius 2 is 1.91 bits per heavy atom. The van der Waals surface area contributed by atoms with E-state index in [1.54, 1.807) is 6.08 Å². The van der Waals surface area contributed by atoms with Crippen LogP contribution in [0.2, 0.25) is 0 Å². The third kappa shape index (κ3) is 0.835. The van der Waals surface area contributed by atoms with Crippen LogP contribution >= 0.6 is 0 Å². The molecule has 2 rings (SSSR count). The molecule has 0 atom stereocenters. The van der Waals surface area contributed by atoms with Gasteiger partial charge in [-0.05, 0) is 11.6 Å². The minimum Gasteiger partial charge on any atom is -0.410 e. The molecule has 0 fully saturated rings. The maximum Gasteiger partial charge on any atom is 0.110 e. The number of oxime groups is 1. The molecule has 1 aromatic carbocycles. The van der Waals surface area contributed by atoms with Crippen LogP contribution < -0.4 is 0 Å². The summed E-state index contributed by atoms with van der Waals surface area (Å²) in [6.45, 7) is 0. The first-order chi connectivity index (χ1) is 5.42. The largest absolute Gasteiger partial charge is 0.410 e. The van der Waals surface area contributed by atoms with Crippen molar-refractivity contribution in [2.24, 2.45) is 5.16 Å². The number of benzene rings is 1. The zero-order valence-electron chi connectivity index (χ0n) is 5.86. The number of allylic oxidation sites excluding steroid dienone is 1. The molecule has 0 saturated heterocycles. The van der Waals surface area contributed by atoms with Crippen molar-refractivity contribution in [1.29, 1.82) is 0 Å². The Labute approximate surface area is 64.5 Å². The van der Waals surface area contributed by atoms with E-state index in [0.717, 1.165) is 11.1 Å². The summed E-state index contributed by atoms with van der Waals surface area (Å²) in [6, 6.07) is 7.81. The lowest BCUT2D eigenvalue weighted by Crippen LogP contribution is -1.92. The van der Waals surface area contributed by atoms with E-state index in [4.69, 9.17) is 5.21 Å². The van der Waals surface area contributed by atoms with Gasteiger partial charge in [0.15, 0.2) is 0 Å². The van der Waals surface area contributed by atoms with Crippen LogP contribution in [0.3, 0.4) is 0 Å². The van der Waals surface area contributed by atoms with Crippen LogP contribution in [0, 0.1) is 0 Å². The van der Waals surface area contributed by atoms with Gasteiger partial charge in [-0.25, -0.2) is 0 Å². The van der Waals surface area contributed by atoms with Crippen LogP contribution in [0.1, 0.15) is 11.1 Å². The Morgan fingerprint density at radius 1 is 1.09 bits per heavy atom. The summed E-state index contributed by atoms with van der Waals surface area (Å²) in [4.78, 5) is 0. The van der Waals surface area contributed by atoms with Gasteiger partial charge in [0.25, 0.3) is 0 Å². The molecule has 1 N–H and O–H groups in total. The number of nitrogens with zero attached hydrogens (tertiary/aromatic N) is 1. The molecule has 0 heterocycles. The van der Waals surface area contributed by atoms with Crippen LogP contribution in [0.4, 0.5) is 0 Å². The van der Waals surface area contributed by atoms with E-state index in [0.29, 0.717) is 5.71 Å². The Hall–Kier alpha value is -1.57. The molecule has 1 aliphatic rings. The highest BCUT2D eigenvalue weighted by atomic mass is 16.4. The maximum absolute atomic E-state index is 8.55. The first-order valence-electron chi connectivity index (χ1n) is 3.41. The van der Waals surface area contributed by atoms with Crippen molar-refractivity contribution < 1.29 is 5.21 Å². The summed E-state index contributed by atoms with van der Waals surface area (Å²) in [5.41, 5.74) is 2.75. The van der Waals surface area contributed by atoms with Crippen LogP contribution in [0.15, 0.2) is 35.5 Å². The topological polar surface area (TPSA) is 32.6 Å². The second kappa shape index (κ2) is 2.23. The summed E-state index contributed by atoms with van der Waals surface area (Å²) in [5.74, 6) is 0. The van der Waals surface area contributed by atoms with E-state index < -0.39 is 0 Å². The van der Waals surface area contributed by atoms with E-state index >= 15 is 0 Å². The maximum atomic E-state index is 8.55. The molecule has 0 aliphatic heterocycles. The number of fused-ring (bicyclic) bond motifs is 1. The summed E-state index contributed by atoms with van der Waals surface area (Å²) >= 11 is 0. The van der Waals surface area contributed by atoms with Gasteiger partial charge in [0.05, 0.1) is 0 Å². The molecule has 1 aliphatic carbocycles. The molecular formula is C9H7NO. The fourth-order valence-corrected chi connectivity index (χ4v) is 1.22. The van der Waals surface area contributed by atoms with Gasteiger partial charge in [-0.15, -0.1) is 0 Å². The van der Waals surface area contributed by atoms with E-state index in [1.807, 2.05) is 30.3 Å². The molecule has 54 valence electrons. The Balaban J connectivity index is 2.63. The highest BCUT2D eigenvalue weighted by Crippen LogP contribution is 2.18. The normalized spacial score (nSPS) is 17.3. The SMILES string of the molecule is O/N=C1\C=Cc2ccccc21. The van der Waals surface area contributed by atoms with E-state index in [9.17, 15) is 0 Å². The van der Waals surface area contributed by atoms with Gasteiger partial charge in [-0.3, -0.25) is 0 Å². The average molecular weight is 145 g/mol. The zero-order valence-corrected chi connectivity index (χ0v) is 5.86. The second-order valence-electron chi connectivity index (χ2n) is 2.41. The molecule has 0 amide bonds. The van der Waals surface area contributed by atoms with Crippen molar-refractivity contribution in [3.05, 3.63) is 41.5 Å². The van der Waals surface area contributed by atoms with Crippen LogP contribution in [-0.4, -0.2) is 10.9 Å². The highest BCUT2D eigenvalue weighted by molar-refractivity contribution is 6.16. The van der Waals surface area contributed by atoms with Gasteiger partial charge >= 0.3 is 0 Å². The zero-order chi connectivity index (χ0) is 7.68. The second-order valence-corrected chi connectivity index (χ2v) is 2.41. The van der Waals surface area contributed by atoms with Crippen molar-refractivity contribution in [2.75, 3.05) is 0 Å².